The van der Waals surface area contributed by atoms with Gasteiger partial charge in [0.25, 0.3) is 0 Å². The van der Waals surface area contributed by atoms with Crippen molar-refractivity contribution in [2.45, 2.75) is 39.7 Å². The number of ketones is 1. The fourth-order valence-corrected chi connectivity index (χ4v) is 3.31. The number of H-pyrrole nitrogens is 1. The second-order valence-electron chi connectivity index (χ2n) is 7.15. The standard InChI is InChI=1S/C23H25NO4/c1-14(2)17-9-6-8-12-20(17)27-13-21(25)28-16(4)23(26)22-15(3)24-19-11-7-5-10-18(19)22/h5-12,14,16,24H,13H2,1-4H3/t16-/m0/s1. The summed E-state index contributed by atoms with van der Waals surface area (Å²) in [6, 6.07) is 15.2. The molecule has 0 unspecified atom stereocenters. The van der Waals surface area contributed by atoms with Gasteiger partial charge >= 0.3 is 5.97 Å². The SMILES string of the molecule is Cc1[nH]c2ccccc2c1C(=O)[C@H](C)OC(=O)COc1ccccc1C(C)C. The molecule has 0 aliphatic heterocycles. The van der Waals surface area contributed by atoms with E-state index in [-0.39, 0.29) is 18.3 Å². The number of carbonyl (C=O) groups is 2. The largest absolute Gasteiger partial charge is 0.482 e. The summed E-state index contributed by atoms with van der Waals surface area (Å²) in [5, 5.41) is 0.829. The summed E-state index contributed by atoms with van der Waals surface area (Å²) in [6.07, 6.45) is -0.894. The zero-order valence-corrected chi connectivity index (χ0v) is 16.6. The third-order valence-corrected chi connectivity index (χ3v) is 4.70. The number of benzene rings is 2. The Morgan fingerprint density at radius 2 is 1.68 bits per heavy atom. The first-order valence-electron chi connectivity index (χ1n) is 9.41. The summed E-state index contributed by atoms with van der Waals surface area (Å²) in [5.41, 5.74) is 3.22. The summed E-state index contributed by atoms with van der Waals surface area (Å²) < 4.78 is 11.0. The molecular weight excluding hydrogens is 354 g/mol. The van der Waals surface area contributed by atoms with Gasteiger partial charge in [-0.25, -0.2) is 4.79 Å². The van der Waals surface area contributed by atoms with Crippen LogP contribution in [0.15, 0.2) is 48.5 Å². The molecule has 1 aromatic heterocycles. The Morgan fingerprint density at radius 3 is 2.43 bits per heavy atom. The molecule has 0 aliphatic rings. The minimum absolute atomic E-state index is 0.231. The number of para-hydroxylation sites is 2. The van der Waals surface area contributed by atoms with Gasteiger partial charge in [-0.1, -0.05) is 50.2 Å². The number of Topliss-reactive ketones (excluding diaryl/α,β-unsaturated/α-hetero) is 1. The Bertz CT molecular complexity index is 1000. The smallest absolute Gasteiger partial charge is 0.344 e. The van der Waals surface area contributed by atoms with E-state index < -0.39 is 12.1 Å². The topological polar surface area (TPSA) is 68.4 Å². The van der Waals surface area contributed by atoms with Gasteiger partial charge in [-0.05, 0) is 37.5 Å². The minimum atomic E-state index is -0.894. The van der Waals surface area contributed by atoms with Crippen molar-refractivity contribution in [3.8, 4) is 5.75 Å². The molecule has 0 fully saturated rings. The molecule has 5 heteroatoms. The number of fused-ring (bicyclic) bond motifs is 1. The highest BCUT2D eigenvalue weighted by atomic mass is 16.6. The van der Waals surface area contributed by atoms with Crippen molar-refractivity contribution in [3.63, 3.8) is 0 Å². The molecule has 2 aromatic carbocycles. The quantitative estimate of drug-likeness (QED) is 0.473. The number of ether oxygens (including phenoxy) is 2. The van der Waals surface area contributed by atoms with E-state index in [0.29, 0.717) is 11.3 Å². The summed E-state index contributed by atoms with van der Waals surface area (Å²) in [7, 11) is 0. The number of rotatable bonds is 7. The van der Waals surface area contributed by atoms with E-state index in [9.17, 15) is 9.59 Å². The number of hydrogen-bond acceptors (Lipinski definition) is 4. The second-order valence-corrected chi connectivity index (χ2v) is 7.15. The van der Waals surface area contributed by atoms with Crippen LogP contribution in [0.1, 0.15) is 48.3 Å². The maximum Gasteiger partial charge on any atom is 0.344 e. The first kappa shape index (κ1) is 19.7. The van der Waals surface area contributed by atoms with Crippen molar-refractivity contribution in [1.82, 2.24) is 4.98 Å². The molecule has 0 spiro atoms. The molecule has 0 aliphatic carbocycles. The van der Waals surface area contributed by atoms with Crippen molar-refractivity contribution in [2.75, 3.05) is 6.61 Å². The number of carbonyl (C=O) groups excluding carboxylic acids is 2. The Kier molecular flexibility index (Phi) is 5.83. The summed E-state index contributed by atoms with van der Waals surface area (Å²) in [6.45, 7) is 7.31. The van der Waals surface area contributed by atoms with Gasteiger partial charge in [-0.3, -0.25) is 4.79 Å². The normalized spacial score (nSPS) is 12.2. The molecule has 28 heavy (non-hydrogen) atoms. The van der Waals surface area contributed by atoms with Crippen LogP contribution in [0.5, 0.6) is 5.75 Å². The Morgan fingerprint density at radius 1 is 1.00 bits per heavy atom. The molecule has 0 amide bonds. The predicted molar refractivity (Wildman–Crippen MR) is 109 cm³/mol. The number of esters is 1. The van der Waals surface area contributed by atoms with Crippen LogP contribution in [0.3, 0.4) is 0 Å². The summed E-state index contributed by atoms with van der Waals surface area (Å²) in [4.78, 5) is 28.3. The maximum absolute atomic E-state index is 12.9. The maximum atomic E-state index is 12.9. The van der Waals surface area contributed by atoms with Crippen LogP contribution in [0.25, 0.3) is 10.9 Å². The number of aromatic amines is 1. The molecule has 1 atom stereocenters. The van der Waals surface area contributed by atoms with Crippen molar-refractivity contribution in [2.24, 2.45) is 0 Å². The van der Waals surface area contributed by atoms with Gasteiger partial charge in [-0.15, -0.1) is 0 Å². The number of hydrogen-bond donors (Lipinski definition) is 1. The van der Waals surface area contributed by atoms with Gasteiger partial charge < -0.3 is 14.5 Å². The third-order valence-electron chi connectivity index (χ3n) is 4.70. The third kappa shape index (κ3) is 4.09. The molecule has 0 saturated heterocycles. The van der Waals surface area contributed by atoms with Crippen LogP contribution in [0.4, 0.5) is 0 Å². The molecule has 1 N–H and O–H groups in total. The van der Waals surface area contributed by atoms with Crippen molar-refractivity contribution >= 4 is 22.7 Å². The Labute approximate surface area is 164 Å². The van der Waals surface area contributed by atoms with E-state index in [2.05, 4.69) is 18.8 Å². The highest BCUT2D eigenvalue weighted by Crippen LogP contribution is 2.26. The molecular formula is C23H25NO4. The van der Waals surface area contributed by atoms with Crippen LogP contribution in [0.2, 0.25) is 0 Å². The molecule has 146 valence electrons. The van der Waals surface area contributed by atoms with Crippen LogP contribution in [0, 0.1) is 6.92 Å². The monoisotopic (exact) mass is 379 g/mol. The molecule has 0 bridgehead atoms. The average molecular weight is 379 g/mol. The lowest BCUT2D eigenvalue weighted by atomic mass is 10.0. The van der Waals surface area contributed by atoms with Gasteiger partial charge in [0.1, 0.15) is 5.75 Å². The van der Waals surface area contributed by atoms with Gasteiger partial charge in [0.15, 0.2) is 12.7 Å². The van der Waals surface area contributed by atoms with E-state index in [1.54, 1.807) is 6.92 Å². The lowest BCUT2D eigenvalue weighted by molar-refractivity contribution is -0.148. The average Bonchev–Trinajstić information content (AvgIpc) is 3.01. The lowest BCUT2D eigenvalue weighted by Crippen LogP contribution is -2.27. The fraction of sp³-hybridized carbons (Fsp3) is 0.304. The molecule has 3 aromatic rings. The fourth-order valence-electron chi connectivity index (χ4n) is 3.31. The van der Waals surface area contributed by atoms with Gasteiger partial charge in [0.05, 0.1) is 0 Å². The van der Waals surface area contributed by atoms with Crippen LogP contribution in [-0.2, 0) is 9.53 Å². The van der Waals surface area contributed by atoms with E-state index in [4.69, 9.17) is 9.47 Å². The minimum Gasteiger partial charge on any atom is -0.482 e. The van der Waals surface area contributed by atoms with Crippen LogP contribution >= 0.6 is 0 Å². The number of aromatic nitrogens is 1. The van der Waals surface area contributed by atoms with E-state index in [0.717, 1.165) is 22.2 Å². The molecule has 3 rings (SSSR count). The van der Waals surface area contributed by atoms with Crippen molar-refractivity contribution in [3.05, 3.63) is 65.4 Å². The zero-order valence-electron chi connectivity index (χ0n) is 16.6. The Balaban J connectivity index is 1.66. The second kappa shape index (κ2) is 8.30. The van der Waals surface area contributed by atoms with Gasteiger partial charge in [0, 0.05) is 22.2 Å². The number of nitrogens with one attached hydrogen (secondary N) is 1. The van der Waals surface area contributed by atoms with Crippen LogP contribution < -0.4 is 4.74 Å². The summed E-state index contributed by atoms with van der Waals surface area (Å²) in [5.74, 6) is 0.126. The van der Waals surface area contributed by atoms with E-state index in [1.165, 1.54) is 0 Å². The van der Waals surface area contributed by atoms with Crippen molar-refractivity contribution < 1.29 is 19.1 Å². The lowest BCUT2D eigenvalue weighted by Gasteiger charge is -2.15. The molecule has 0 radical (unpaired) electrons. The molecule has 1 heterocycles. The van der Waals surface area contributed by atoms with Crippen LogP contribution in [-0.4, -0.2) is 29.4 Å². The van der Waals surface area contributed by atoms with Crippen molar-refractivity contribution in [1.29, 1.82) is 0 Å². The van der Waals surface area contributed by atoms with E-state index in [1.807, 2.05) is 55.5 Å². The number of aryl methyl sites for hydroxylation is 1. The molecule has 5 nitrogen and oxygen atoms in total. The van der Waals surface area contributed by atoms with Gasteiger partial charge in [0.2, 0.25) is 5.78 Å². The highest BCUT2D eigenvalue weighted by Gasteiger charge is 2.24. The summed E-state index contributed by atoms with van der Waals surface area (Å²) >= 11 is 0. The predicted octanol–water partition coefficient (Wildman–Crippen LogP) is 4.79. The van der Waals surface area contributed by atoms with Gasteiger partial charge in [-0.2, -0.15) is 0 Å². The Hall–Kier alpha value is -3.08. The first-order chi connectivity index (χ1) is 13.4. The highest BCUT2D eigenvalue weighted by molar-refractivity contribution is 6.11. The molecule has 0 saturated carbocycles. The first-order valence-corrected chi connectivity index (χ1v) is 9.41. The van der Waals surface area contributed by atoms with E-state index >= 15 is 0 Å². The zero-order chi connectivity index (χ0) is 20.3.